The second kappa shape index (κ2) is 7.10. The molecule has 120 valence electrons. The molecule has 2 heterocycles. The third-order valence-electron chi connectivity index (χ3n) is 3.44. The summed E-state index contributed by atoms with van der Waals surface area (Å²) >= 11 is 5.86. The van der Waals surface area contributed by atoms with Crippen molar-refractivity contribution in [3.63, 3.8) is 0 Å². The highest BCUT2D eigenvalue weighted by molar-refractivity contribution is 6.30. The van der Waals surface area contributed by atoms with Gasteiger partial charge in [-0.05, 0) is 42.0 Å². The van der Waals surface area contributed by atoms with Crippen LogP contribution in [0.25, 0.3) is 0 Å². The van der Waals surface area contributed by atoms with Gasteiger partial charge in [-0.25, -0.2) is 4.98 Å². The van der Waals surface area contributed by atoms with E-state index in [1.54, 1.807) is 48.8 Å². The predicted octanol–water partition coefficient (Wildman–Crippen LogP) is 3.20. The fraction of sp³-hybridized carbons (Fsp3) is 0.0556. The fourth-order valence-corrected chi connectivity index (χ4v) is 2.37. The minimum absolute atomic E-state index is 0.0668. The fourth-order valence-electron chi connectivity index (χ4n) is 2.24. The molecule has 0 spiro atoms. The number of carbonyl (C=O) groups excluding carboxylic acids is 1. The topological polar surface area (TPSA) is 64.0 Å². The maximum atomic E-state index is 12.5. The van der Waals surface area contributed by atoms with Crippen molar-refractivity contribution in [3.8, 4) is 0 Å². The number of halogens is 1. The van der Waals surface area contributed by atoms with Crippen LogP contribution < -0.4 is 10.9 Å². The third kappa shape index (κ3) is 3.70. The van der Waals surface area contributed by atoms with Gasteiger partial charge in [-0.2, -0.15) is 0 Å². The number of benzene rings is 1. The molecule has 0 radical (unpaired) electrons. The van der Waals surface area contributed by atoms with Crippen LogP contribution in [-0.2, 0) is 6.54 Å². The van der Waals surface area contributed by atoms with Crippen LogP contribution in [0.4, 0.5) is 5.82 Å². The van der Waals surface area contributed by atoms with Gasteiger partial charge in [0.15, 0.2) is 0 Å². The summed E-state index contributed by atoms with van der Waals surface area (Å²) < 4.78 is 1.48. The van der Waals surface area contributed by atoms with E-state index in [1.807, 2.05) is 12.1 Å². The van der Waals surface area contributed by atoms with Gasteiger partial charge >= 0.3 is 0 Å². The Hall–Kier alpha value is -2.92. The molecule has 0 bridgehead atoms. The number of carbonyl (C=O) groups is 1. The molecular weight excluding hydrogens is 326 g/mol. The lowest BCUT2D eigenvalue weighted by molar-refractivity contribution is 0.102. The lowest BCUT2D eigenvalue weighted by Crippen LogP contribution is -2.29. The van der Waals surface area contributed by atoms with E-state index in [0.29, 0.717) is 17.4 Å². The number of nitrogens with one attached hydrogen (secondary N) is 1. The highest BCUT2D eigenvalue weighted by atomic mass is 35.5. The van der Waals surface area contributed by atoms with Crippen LogP contribution in [0.1, 0.15) is 15.9 Å². The molecule has 3 aromatic rings. The van der Waals surface area contributed by atoms with Crippen LogP contribution in [0.2, 0.25) is 5.02 Å². The van der Waals surface area contributed by atoms with Gasteiger partial charge in [0.05, 0.1) is 6.54 Å². The number of amides is 1. The zero-order valence-electron chi connectivity index (χ0n) is 12.6. The molecule has 1 amide bonds. The van der Waals surface area contributed by atoms with E-state index >= 15 is 0 Å². The number of anilines is 1. The molecule has 0 fully saturated rings. The lowest BCUT2D eigenvalue weighted by Gasteiger charge is -2.09. The summed E-state index contributed by atoms with van der Waals surface area (Å²) in [6, 6.07) is 15.5. The predicted molar refractivity (Wildman–Crippen MR) is 93.4 cm³/mol. The van der Waals surface area contributed by atoms with E-state index in [-0.39, 0.29) is 11.1 Å². The zero-order valence-corrected chi connectivity index (χ0v) is 13.4. The Morgan fingerprint density at radius 2 is 1.88 bits per heavy atom. The summed E-state index contributed by atoms with van der Waals surface area (Å²) in [5.74, 6) is -0.0841. The average Bonchev–Trinajstić information content (AvgIpc) is 2.59. The standard InChI is InChI=1S/C18H14ClN3O2/c19-14-8-6-13(7-9-14)12-22-11-3-4-15(18(22)24)17(23)21-16-5-1-2-10-20-16/h1-11H,12H2,(H,20,21,23). The molecule has 0 unspecified atom stereocenters. The Morgan fingerprint density at radius 1 is 1.08 bits per heavy atom. The quantitative estimate of drug-likeness (QED) is 0.794. The Bertz CT molecular complexity index is 906. The van der Waals surface area contributed by atoms with Gasteiger partial charge in [-0.15, -0.1) is 0 Å². The van der Waals surface area contributed by atoms with Crippen molar-refractivity contribution >= 4 is 23.3 Å². The first-order valence-corrected chi connectivity index (χ1v) is 7.67. The Labute approximate surface area is 143 Å². The molecule has 0 saturated heterocycles. The largest absolute Gasteiger partial charge is 0.310 e. The summed E-state index contributed by atoms with van der Waals surface area (Å²) in [6.07, 6.45) is 3.22. The van der Waals surface area contributed by atoms with Gasteiger partial charge < -0.3 is 9.88 Å². The number of nitrogens with zero attached hydrogens (tertiary/aromatic N) is 2. The van der Waals surface area contributed by atoms with Crippen LogP contribution in [0.3, 0.4) is 0 Å². The molecule has 3 rings (SSSR count). The summed E-state index contributed by atoms with van der Waals surface area (Å²) in [6.45, 7) is 0.362. The molecule has 1 aromatic carbocycles. The molecule has 0 atom stereocenters. The molecule has 0 saturated carbocycles. The first-order valence-electron chi connectivity index (χ1n) is 7.30. The third-order valence-corrected chi connectivity index (χ3v) is 3.69. The van der Waals surface area contributed by atoms with Crippen molar-refractivity contribution in [2.45, 2.75) is 6.54 Å². The van der Waals surface area contributed by atoms with Gasteiger partial charge in [0.2, 0.25) is 0 Å². The van der Waals surface area contributed by atoms with Gasteiger partial charge in [-0.1, -0.05) is 29.8 Å². The zero-order chi connectivity index (χ0) is 16.9. The first-order chi connectivity index (χ1) is 11.6. The molecule has 0 aliphatic rings. The SMILES string of the molecule is O=C(Nc1ccccn1)c1cccn(Cc2ccc(Cl)cc2)c1=O. The summed E-state index contributed by atoms with van der Waals surface area (Å²) in [5.41, 5.74) is 0.627. The number of hydrogen-bond donors (Lipinski definition) is 1. The Kier molecular flexibility index (Phi) is 4.72. The molecule has 6 heteroatoms. The molecule has 1 N–H and O–H groups in total. The van der Waals surface area contributed by atoms with Gasteiger partial charge in [0, 0.05) is 17.4 Å². The van der Waals surface area contributed by atoms with E-state index in [0.717, 1.165) is 5.56 Å². The van der Waals surface area contributed by atoms with E-state index in [1.165, 1.54) is 10.6 Å². The number of hydrogen-bond acceptors (Lipinski definition) is 3. The van der Waals surface area contributed by atoms with Crippen molar-refractivity contribution in [3.05, 3.63) is 93.5 Å². The van der Waals surface area contributed by atoms with Crippen LogP contribution in [-0.4, -0.2) is 15.5 Å². The van der Waals surface area contributed by atoms with E-state index < -0.39 is 5.91 Å². The molecule has 24 heavy (non-hydrogen) atoms. The highest BCUT2D eigenvalue weighted by Crippen LogP contribution is 2.10. The van der Waals surface area contributed by atoms with Crippen molar-refractivity contribution in [1.29, 1.82) is 0 Å². The molecule has 0 aliphatic carbocycles. The lowest BCUT2D eigenvalue weighted by atomic mass is 10.2. The van der Waals surface area contributed by atoms with E-state index in [9.17, 15) is 9.59 Å². The maximum absolute atomic E-state index is 12.5. The van der Waals surface area contributed by atoms with Crippen LogP contribution >= 0.6 is 11.6 Å². The maximum Gasteiger partial charge on any atom is 0.263 e. The minimum Gasteiger partial charge on any atom is -0.310 e. The normalized spacial score (nSPS) is 10.4. The highest BCUT2D eigenvalue weighted by Gasteiger charge is 2.13. The smallest absolute Gasteiger partial charge is 0.263 e. The van der Waals surface area contributed by atoms with Crippen molar-refractivity contribution in [1.82, 2.24) is 9.55 Å². The monoisotopic (exact) mass is 339 g/mol. The minimum atomic E-state index is -0.482. The van der Waals surface area contributed by atoms with Crippen LogP contribution in [0.5, 0.6) is 0 Å². The first kappa shape index (κ1) is 16.0. The van der Waals surface area contributed by atoms with Crippen LogP contribution in [0, 0.1) is 0 Å². The molecule has 2 aromatic heterocycles. The van der Waals surface area contributed by atoms with Crippen molar-refractivity contribution in [2.24, 2.45) is 0 Å². The number of aromatic nitrogens is 2. The van der Waals surface area contributed by atoms with Crippen molar-refractivity contribution in [2.75, 3.05) is 5.32 Å². The second-order valence-corrected chi connectivity index (χ2v) is 5.59. The molecule has 5 nitrogen and oxygen atoms in total. The Balaban J connectivity index is 1.84. The number of pyridine rings is 2. The molecular formula is C18H14ClN3O2. The summed E-state index contributed by atoms with van der Waals surface area (Å²) in [7, 11) is 0. The van der Waals surface area contributed by atoms with Gasteiger partial charge in [-0.3, -0.25) is 9.59 Å². The summed E-state index contributed by atoms with van der Waals surface area (Å²) in [4.78, 5) is 28.8. The van der Waals surface area contributed by atoms with Gasteiger partial charge in [0.25, 0.3) is 11.5 Å². The van der Waals surface area contributed by atoms with Crippen LogP contribution in [0.15, 0.2) is 71.8 Å². The Morgan fingerprint density at radius 3 is 2.58 bits per heavy atom. The van der Waals surface area contributed by atoms with Gasteiger partial charge in [0.1, 0.15) is 11.4 Å². The summed E-state index contributed by atoms with van der Waals surface area (Å²) in [5, 5.41) is 3.25. The average molecular weight is 340 g/mol. The van der Waals surface area contributed by atoms with E-state index in [4.69, 9.17) is 11.6 Å². The molecule has 0 aliphatic heterocycles. The number of rotatable bonds is 4. The van der Waals surface area contributed by atoms with Crippen molar-refractivity contribution < 1.29 is 4.79 Å². The second-order valence-electron chi connectivity index (χ2n) is 5.15. The van der Waals surface area contributed by atoms with E-state index in [2.05, 4.69) is 10.3 Å².